The van der Waals surface area contributed by atoms with Crippen LogP contribution in [0.4, 0.5) is 5.13 Å². The van der Waals surface area contributed by atoms with E-state index in [1.54, 1.807) is 6.92 Å². The summed E-state index contributed by atoms with van der Waals surface area (Å²) in [6.07, 6.45) is 0. The smallest absolute Gasteiger partial charge is 0.347 e. The standard InChI is InChI=1S/C12H11BrN2O2S/c1-7-10(11(16)17)18-12(15-7)14-6-8-3-2-4-9(13)5-8/h2-5H,6H2,1H3,(H,14,15)(H,16,17). The highest BCUT2D eigenvalue weighted by Crippen LogP contribution is 2.23. The molecule has 0 atom stereocenters. The van der Waals surface area contributed by atoms with E-state index in [2.05, 4.69) is 26.2 Å². The van der Waals surface area contributed by atoms with Crippen LogP contribution in [0, 0.1) is 6.92 Å². The van der Waals surface area contributed by atoms with Gasteiger partial charge in [-0.1, -0.05) is 39.4 Å². The SMILES string of the molecule is Cc1nc(NCc2cccc(Br)c2)sc1C(=O)O. The third kappa shape index (κ3) is 3.08. The van der Waals surface area contributed by atoms with Gasteiger partial charge in [-0.2, -0.15) is 0 Å². The van der Waals surface area contributed by atoms with Crippen LogP contribution in [0.15, 0.2) is 28.7 Å². The van der Waals surface area contributed by atoms with Crippen LogP contribution in [0.1, 0.15) is 20.9 Å². The second kappa shape index (κ2) is 5.49. The van der Waals surface area contributed by atoms with E-state index >= 15 is 0 Å². The number of aryl methyl sites for hydroxylation is 1. The molecule has 94 valence electrons. The van der Waals surface area contributed by atoms with E-state index in [1.165, 1.54) is 0 Å². The Morgan fingerprint density at radius 2 is 2.33 bits per heavy atom. The average molecular weight is 327 g/mol. The van der Waals surface area contributed by atoms with Crippen molar-refractivity contribution in [2.24, 2.45) is 0 Å². The molecule has 0 aliphatic carbocycles. The minimum atomic E-state index is -0.930. The molecule has 0 amide bonds. The van der Waals surface area contributed by atoms with Crippen molar-refractivity contribution in [3.8, 4) is 0 Å². The molecule has 0 radical (unpaired) electrons. The summed E-state index contributed by atoms with van der Waals surface area (Å²) in [6.45, 7) is 2.32. The molecule has 0 aliphatic heterocycles. The fraction of sp³-hybridized carbons (Fsp3) is 0.167. The molecule has 2 N–H and O–H groups in total. The molecule has 2 aromatic rings. The van der Waals surface area contributed by atoms with Crippen molar-refractivity contribution < 1.29 is 9.90 Å². The number of aromatic carboxylic acids is 1. The van der Waals surface area contributed by atoms with Crippen molar-refractivity contribution in [2.75, 3.05) is 5.32 Å². The van der Waals surface area contributed by atoms with E-state index < -0.39 is 5.97 Å². The fourth-order valence-corrected chi connectivity index (χ4v) is 2.74. The number of hydrogen-bond acceptors (Lipinski definition) is 4. The Morgan fingerprint density at radius 3 is 2.94 bits per heavy atom. The van der Waals surface area contributed by atoms with Gasteiger partial charge < -0.3 is 10.4 Å². The number of benzene rings is 1. The summed E-state index contributed by atoms with van der Waals surface area (Å²) in [6, 6.07) is 7.92. The zero-order chi connectivity index (χ0) is 13.1. The molecule has 1 aromatic carbocycles. The number of carbonyl (C=O) groups is 1. The number of hydrogen-bond donors (Lipinski definition) is 2. The van der Waals surface area contributed by atoms with Gasteiger partial charge >= 0.3 is 5.97 Å². The molecule has 0 saturated carbocycles. The molecule has 0 fully saturated rings. The van der Waals surface area contributed by atoms with Gasteiger partial charge in [-0.25, -0.2) is 9.78 Å². The largest absolute Gasteiger partial charge is 0.477 e. The summed E-state index contributed by atoms with van der Waals surface area (Å²) in [5.41, 5.74) is 1.65. The number of anilines is 1. The van der Waals surface area contributed by atoms with E-state index in [4.69, 9.17) is 5.11 Å². The summed E-state index contributed by atoms with van der Waals surface area (Å²) in [5.74, 6) is -0.930. The van der Waals surface area contributed by atoms with E-state index in [0.29, 0.717) is 17.4 Å². The Morgan fingerprint density at radius 1 is 1.56 bits per heavy atom. The van der Waals surface area contributed by atoms with E-state index in [1.807, 2.05) is 24.3 Å². The topological polar surface area (TPSA) is 62.2 Å². The van der Waals surface area contributed by atoms with Gasteiger partial charge in [0, 0.05) is 11.0 Å². The van der Waals surface area contributed by atoms with Crippen molar-refractivity contribution >= 4 is 38.4 Å². The van der Waals surface area contributed by atoms with Gasteiger partial charge in [-0.3, -0.25) is 0 Å². The Kier molecular flexibility index (Phi) is 3.98. The first-order valence-corrected chi connectivity index (χ1v) is 6.86. The van der Waals surface area contributed by atoms with Gasteiger partial charge in [-0.05, 0) is 24.6 Å². The van der Waals surface area contributed by atoms with Gasteiger partial charge in [0.1, 0.15) is 4.88 Å². The highest BCUT2D eigenvalue weighted by Gasteiger charge is 2.13. The highest BCUT2D eigenvalue weighted by molar-refractivity contribution is 9.10. The summed E-state index contributed by atoms with van der Waals surface area (Å²) >= 11 is 4.56. The Balaban J connectivity index is 2.06. The third-order valence-electron chi connectivity index (χ3n) is 2.32. The van der Waals surface area contributed by atoms with Crippen LogP contribution in [0.25, 0.3) is 0 Å². The minimum Gasteiger partial charge on any atom is -0.477 e. The Labute approximate surface area is 117 Å². The Bertz CT molecular complexity index is 583. The van der Waals surface area contributed by atoms with Crippen LogP contribution in [0.3, 0.4) is 0 Å². The summed E-state index contributed by atoms with van der Waals surface area (Å²) in [4.78, 5) is 15.4. The highest BCUT2D eigenvalue weighted by atomic mass is 79.9. The van der Waals surface area contributed by atoms with Crippen LogP contribution in [0.2, 0.25) is 0 Å². The molecule has 18 heavy (non-hydrogen) atoms. The lowest BCUT2D eigenvalue weighted by Gasteiger charge is -2.02. The zero-order valence-electron chi connectivity index (χ0n) is 9.61. The molecule has 1 heterocycles. The Hall–Kier alpha value is -1.40. The third-order valence-corrected chi connectivity index (χ3v) is 3.92. The molecule has 6 heteroatoms. The lowest BCUT2D eigenvalue weighted by molar-refractivity contribution is 0.0701. The predicted molar refractivity (Wildman–Crippen MR) is 75.3 cm³/mol. The zero-order valence-corrected chi connectivity index (χ0v) is 12.0. The van der Waals surface area contributed by atoms with Crippen molar-refractivity contribution in [3.05, 3.63) is 44.9 Å². The second-order valence-corrected chi connectivity index (χ2v) is 5.64. The molecule has 1 aromatic heterocycles. The molecular formula is C12H11BrN2O2S. The monoisotopic (exact) mass is 326 g/mol. The van der Waals surface area contributed by atoms with Gasteiger partial charge in [0.25, 0.3) is 0 Å². The van der Waals surface area contributed by atoms with Crippen LogP contribution in [-0.4, -0.2) is 16.1 Å². The van der Waals surface area contributed by atoms with Gasteiger partial charge in [0.15, 0.2) is 5.13 Å². The van der Waals surface area contributed by atoms with Crippen LogP contribution in [-0.2, 0) is 6.54 Å². The maximum atomic E-state index is 10.9. The second-order valence-electron chi connectivity index (χ2n) is 3.72. The van der Waals surface area contributed by atoms with Crippen LogP contribution in [0.5, 0.6) is 0 Å². The van der Waals surface area contributed by atoms with Gasteiger partial charge in [0.05, 0.1) is 5.69 Å². The molecule has 0 bridgehead atoms. The number of halogens is 1. The van der Waals surface area contributed by atoms with E-state index in [-0.39, 0.29) is 4.88 Å². The van der Waals surface area contributed by atoms with Crippen LogP contribution >= 0.6 is 27.3 Å². The number of thiazole rings is 1. The summed E-state index contributed by atoms with van der Waals surface area (Å²) in [5, 5.41) is 12.7. The van der Waals surface area contributed by atoms with Crippen molar-refractivity contribution in [2.45, 2.75) is 13.5 Å². The van der Waals surface area contributed by atoms with Crippen molar-refractivity contribution in [1.29, 1.82) is 0 Å². The minimum absolute atomic E-state index is 0.284. The number of nitrogens with one attached hydrogen (secondary N) is 1. The quantitative estimate of drug-likeness (QED) is 0.902. The number of carboxylic acid groups (broad SMARTS) is 1. The van der Waals surface area contributed by atoms with E-state index in [0.717, 1.165) is 21.4 Å². The lowest BCUT2D eigenvalue weighted by atomic mass is 10.2. The first-order chi connectivity index (χ1) is 8.56. The van der Waals surface area contributed by atoms with Crippen molar-refractivity contribution in [1.82, 2.24) is 4.98 Å². The first kappa shape index (κ1) is 13.0. The predicted octanol–water partition coefficient (Wildman–Crippen LogP) is 3.52. The maximum Gasteiger partial charge on any atom is 0.347 e. The van der Waals surface area contributed by atoms with Gasteiger partial charge in [0.2, 0.25) is 0 Å². The lowest BCUT2D eigenvalue weighted by Crippen LogP contribution is -1.98. The number of rotatable bonds is 4. The number of nitrogens with zero attached hydrogens (tertiary/aromatic N) is 1. The van der Waals surface area contributed by atoms with Gasteiger partial charge in [-0.15, -0.1) is 0 Å². The maximum absolute atomic E-state index is 10.9. The van der Waals surface area contributed by atoms with Crippen molar-refractivity contribution in [3.63, 3.8) is 0 Å². The molecular weight excluding hydrogens is 316 g/mol. The summed E-state index contributed by atoms with van der Waals surface area (Å²) in [7, 11) is 0. The average Bonchev–Trinajstić information content (AvgIpc) is 2.68. The normalized spacial score (nSPS) is 10.3. The molecule has 0 aliphatic rings. The molecule has 0 spiro atoms. The fourth-order valence-electron chi connectivity index (χ4n) is 1.50. The first-order valence-electron chi connectivity index (χ1n) is 5.25. The number of carboxylic acids is 1. The van der Waals surface area contributed by atoms with Crippen LogP contribution < -0.4 is 5.32 Å². The molecule has 2 rings (SSSR count). The molecule has 0 saturated heterocycles. The van der Waals surface area contributed by atoms with E-state index in [9.17, 15) is 4.79 Å². The summed E-state index contributed by atoms with van der Waals surface area (Å²) < 4.78 is 1.02. The number of aromatic nitrogens is 1. The molecule has 0 unspecified atom stereocenters. The molecule has 4 nitrogen and oxygen atoms in total.